The lowest BCUT2D eigenvalue weighted by molar-refractivity contribution is -0.0515. The summed E-state index contributed by atoms with van der Waals surface area (Å²) in [5.74, 6) is 5.08. The van der Waals surface area contributed by atoms with Gasteiger partial charge in [0.15, 0.2) is 0 Å². The first kappa shape index (κ1) is 14.2. The summed E-state index contributed by atoms with van der Waals surface area (Å²) in [4.78, 5) is 4.72. The van der Waals surface area contributed by atoms with Crippen LogP contribution in [0.5, 0.6) is 0 Å². The first-order valence-electron chi connectivity index (χ1n) is 8.87. The molecule has 1 unspecified atom stereocenters. The Morgan fingerprint density at radius 1 is 1.19 bits per heavy atom. The fourth-order valence-electron chi connectivity index (χ4n) is 5.92. The molecule has 1 aromatic heterocycles. The Morgan fingerprint density at radius 2 is 1.86 bits per heavy atom. The van der Waals surface area contributed by atoms with Gasteiger partial charge < -0.3 is 5.32 Å². The van der Waals surface area contributed by atoms with Crippen LogP contribution in [-0.2, 0) is 6.42 Å². The van der Waals surface area contributed by atoms with E-state index in [1.165, 1.54) is 36.4 Å². The maximum atomic E-state index is 4.72. The van der Waals surface area contributed by atoms with E-state index in [9.17, 15) is 0 Å². The molecule has 4 fully saturated rings. The Hall–Kier alpha value is -0.410. The molecule has 0 spiro atoms. The summed E-state index contributed by atoms with van der Waals surface area (Å²) in [7, 11) is 0. The molecule has 5 rings (SSSR count). The van der Waals surface area contributed by atoms with Gasteiger partial charge in [0.05, 0.1) is 5.01 Å². The second-order valence-corrected chi connectivity index (χ2v) is 8.70. The van der Waals surface area contributed by atoms with Gasteiger partial charge in [-0.3, -0.25) is 0 Å². The monoisotopic (exact) mass is 304 g/mol. The highest BCUT2D eigenvalue weighted by Gasteiger charge is 2.50. The second-order valence-electron chi connectivity index (χ2n) is 7.76. The number of thiazole rings is 1. The van der Waals surface area contributed by atoms with Gasteiger partial charge in [-0.1, -0.05) is 6.92 Å². The van der Waals surface area contributed by atoms with E-state index in [0.717, 1.165) is 42.6 Å². The van der Waals surface area contributed by atoms with Crippen molar-refractivity contribution in [2.24, 2.45) is 29.6 Å². The van der Waals surface area contributed by atoms with Crippen molar-refractivity contribution in [2.75, 3.05) is 6.54 Å². The standard InChI is InChI=1S/C18H28N2S/c1-3-19-16(9-17-20-11(2)10-21-17)18-14-5-12-4-13(7-14)8-15(18)6-12/h10,12-16,18-19H,3-9H2,1-2H3. The highest BCUT2D eigenvalue weighted by Crippen LogP contribution is 2.57. The van der Waals surface area contributed by atoms with E-state index >= 15 is 0 Å². The Bertz CT molecular complexity index is 467. The Balaban J connectivity index is 1.53. The van der Waals surface area contributed by atoms with Crippen LogP contribution in [0, 0.1) is 36.5 Å². The number of likely N-dealkylation sites (N-methyl/N-ethyl adjacent to an activating group) is 1. The molecule has 1 N–H and O–H groups in total. The summed E-state index contributed by atoms with van der Waals surface area (Å²) < 4.78 is 0. The minimum Gasteiger partial charge on any atom is -0.314 e. The van der Waals surface area contributed by atoms with Gasteiger partial charge in [0.25, 0.3) is 0 Å². The third kappa shape index (κ3) is 2.68. The molecule has 1 atom stereocenters. The Morgan fingerprint density at radius 3 is 2.38 bits per heavy atom. The highest BCUT2D eigenvalue weighted by atomic mass is 32.1. The highest BCUT2D eigenvalue weighted by molar-refractivity contribution is 7.09. The maximum Gasteiger partial charge on any atom is 0.0943 e. The number of nitrogens with zero attached hydrogens (tertiary/aromatic N) is 1. The fourth-order valence-corrected chi connectivity index (χ4v) is 6.75. The largest absolute Gasteiger partial charge is 0.314 e. The van der Waals surface area contributed by atoms with Gasteiger partial charge in [-0.25, -0.2) is 4.98 Å². The molecule has 4 bridgehead atoms. The van der Waals surface area contributed by atoms with Crippen molar-refractivity contribution < 1.29 is 0 Å². The molecule has 0 amide bonds. The number of nitrogens with one attached hydrogen (secondary N) is 1. The van der Waals surface area contributed by atoms with Gasteiger partial charge in [0.1, 0.15) is 0 Å². The minimum atomic E-state index is 0.663. The first-order chi connectivity index (χ1) is 10.2. The molecule has 0 aliphatic heterocycles. The van der Waals surface area contributed by atoms with Crippen LogP contribution >= 0.6 is 11.3 Å². The van der Waals surface area contributed by atoms with Gasteiger partial charge in [0.2, 0.25) is 0 Å². The van der Waals surface area contributed by atoms with Crippen LogP contribution in [0.4, 0.5) is 0 Å². The topological polar surface area (TPSA) is 24.9 Å². The Labute approximate surface area is 132 Å². The normalized spacial score (nSPS) is 38.9. The maximum absolute atomic E-state index is 4.72. The molecular formula is C18H28N2S. The van der Waals surface area contributed by atoms with Crippen LogP contribution in [0.1, 0.15) is 49.7 Å². The minimum absolute atomic E-state index is 0.663. The van der Waals surface area contributed by atoms with E-state index in [2.05, 4.69) is 24.5 Å². The van der Waals surface area contributed by atoms with E-state index in [1.54, 1.807) is 6.42 Å². The van der Waals surface area contributed by atoms with Crippen LogP contribution in [0.15, 0.2) is 5.38 Å². The predicted octanol–water partition coefficient (Wildman–Crippen LogP) is 4.04. The summed E-state index contributed by atoms with van der Waals surface area (Å²) in [6.07, 6.45) is 8.80. The third-order valence-electron chi connectivity index (χ3n) is 6.29. The van der Waals surface area contributed by atoms with Gasteiger partial charge in [-0.05, 0) is 75.2 Å². The van der Waals surface area contributed by atoms with E-state index in [4.69, 9.17) is 4.98 Å². The van der Waals surface area contributed by atoms with Crippen LogP contribution in [-0.4, -0.2) is 17.6 Å². The molecule has 4 saturated carbocycles. The van der Waals surface area contributed by atoms with Crippen molar-refractivity contribution in [3.8, 4) is 0 Å². The molecule has 1 heterocycles. The van der Waals surface area contributed by atoms with Crippen LogP contribution < -0.4 is 5.32 Å². The Kier molecular flexibility index (Phi) is 3.83. The molecular weight excluding hydrogens is 276 g/mol. The van der Waals surface area contributed by atoms with E-state index < -0.39 is 0 Å². The molecule has 3 heteroatoms. The van der Waals surface area contributed by atoms with Gasteiger partial charge in [-0.15, -0.1) is 11.3 Å². The van der Waals surface area contributed by atoms with Crippen molar-refractivity contribution in [1.82, 2.24) is 10.3 Å². The fraction of sp³-hybridized carbons (Fsp3) is 0.833. The predicted molar refractivity (Wildman–Crippen MR) is 88.6 cm³/mol. The van der Waals surface area contributed by atoms with Crippen molar-refractivity contribution in [2.45, 2.75) is 58.4 Å². The van der Waals surface area contributed by atoms with Crippen molar-refractivity contribution in [3.05, 3.63) is 16.1 Å². The number of hydrogen-bond acceptors (Lipinski definition) is 3. The molecule has 4 aliphatic rings. The molecule has 2 nitrogen and oxygen atoms in total. The van der Waals surface area contributed by atoms with Gasteiger partial charge >= 0.3 is 0 Å². The van der Waals surface area contributed by atoms with Crippen molar-refractivity contribution in [3.63, 3.8) is 0 Å². The van der Waals surface area contributed by atoms with Crippen molar-refractivity contribution in [1.29, 1.82) is 0 Å². The SMILES string of the molecule is CCNC(Cc1nc(C)cs1)C1C2CC3CC(C2)CC1C3. The zero-order valence-corrected chi connectivity index (χ0v) is 14.2. The van der Waals surface area contributed by atoms with Crippen LogP contribution in [0.3, 0.4) is 0 Å². The summed E-state index contributed by atoms with van der Waals surface area (Å²) >= 11 is 1.85. The lowest BCUT2D eigenvalue weighted by Gasteiger charge is -2.56. The number of hydrogen-bond donors (Lipinski definition) is 1. The number of aromatic nitrogens is 1. The zero-order valence-electron chi connectivity index (χ0n) is 13.3. The summed E-state index contributed by atoms with van der Waals surface area (Å²) in [5, 5.41) is 7.38. The molecule has 21 heavy (non-hydrogen) atoms. The first-order valence-corrected chi connectivity index (χ1v) is 9.75. The molecule has 4 aliphatic carbocycles. The smallest absolute Gasteiger partial charge is 0.0943 e. The summed E-state index contributed by atoms with van der Waals surface area (Å²) in [6, 6.07) is 0.663. The lowest BCUT2D eigenvalue weighted by atomic mass is 9.50. The lowest BCUT2D eigenvalue weighted by Crippen LogP contribution is -2.53. The average molecular weight is 305 g/mol. The molecule has 1 aromatic rings. The second kappa shape index (κ2) is 5.66. The number of rotatable bonds is 5. The zero-order chi connectivity index (χ0) is 14.4. The van der Waals surface area contributed by atoms with E-state index in [0.29, 0.717) is 6.04 Å². The quantitative estimate of drug-likeness (QED) is 0.888. The molecule has 0 radical (unpaired) electrons. The third-order valence-corrected chi connectivity index (χ3v) is 7.28. The van der Waals surface area contributed by atoms with Gasteiger partial charge in [0, 0.05) is 23.5 Å². The summed E-state index contributed by atoms with van der Waals surface area (Å²) in [6.45, 7) is 5.47. The van der Waals surface area contributed by atoms with Crippen LogP contribution in [0.25, 0.3) is 0 Å². The van der Waals surface area contributed by atoms with Crippen molar-refractivity contribution >= 4 is 11.3 Å². The molecule has 0 aromatic carbocycles. The van der Waals surface area contributed by atoms with Gasteiger partial charge in [-0.2, -0.15) is 0 Å². The molecule has 0 saturated heterocycles. The van der Waals surface area contributed by atoms with Crippen LogP contribution in [0.2, 0.25) is 0 Å². The average Bonchev–Trinajstić information content (AvgIpc) is 2.83. The molecule has 116 valence electrons. The number of aryl methyl sites for hydroxylation is 1. The summed E-state index contributed by atoms with van der Waals surface area (Å²) in [5.41, 5.74) is 1.19. The van der Waals surface area contributed by atoms with E-state index in [-0.39, 0.29) is 0 Å². The van der Waals surface area contributed by atoms with E-state index in [1.807, 2.05) is 11.3 Å².